The van der Waals surface area contributed by atoms with Gasteiger partial charge in [0.05, 0.1) is 18.8 Å². The van der Waals surface area contributed by atoms with Crippen molar-refractivity contribution in [3.63, 3.8) is 0 Å². The van der Waals surface area contributed by atoms with Gasteiger partial charge in [0, 0.05) is 78.0 Å². The number of hydrogen-bond donors (Lipinski definition) is 2. The van der Waals surface area contributed by atoms with Crippen LogP contribution in [0.4, 0.5) is 0 Å². The molecule has 0 unspecified atom stereocenters. The zero-order chi connectivity index (χ0) is 55.5. The number of nitrogens with zero attached hydrogens (tertiary/aromatic N) is 1. The van der Waals surface area contributed by atoms with Crippen LogP contribution in [0.5, 0.6) is 5.75 Å². The second kappa shape index (κ2) is 32.5. The molecule has 8 nitrogen and oxygen atoms in total. The van der Waals surface area contributed by atoms with Gasteiger partial charge in [-0.25, -0.2) is 0 Å². The van der Waals surface area contributed by atoms with E-state index in [-0.39, 0.29) is 34.3 Å². The lowest BCUT2D eigenvalue weighted by Gasteiger charge is -2.39. The van der Waals surface area contributed by atoms with E-state index in [0.717, 1.165) is 56.4 Å². The van der Waals surface area contributed by atoms with Crippen molar-refractivity contribution < 1.29 is 29.0 Å². The van der Waals surface area contributed by atoms with Gasteiger partial charge in [-0.05, 0) is 86.0 Å². The van der Waals surface area contributed by atoms with E-state index in [1.165, 1.54) is 12.1 Å². The van der Waals surface area contributed by atoms with E-state index in [2.05, 4.69) is 17.5 Å². The predicted molar refractivity (Wildman–Crippen MR) is 318 cm³/mol. The summed E-state index contributed by atoms with van der Waals surface area (Å²) in [6, 6.07) is 51.1. The summed E-state index contributed by atoms with van der Waals surface area (Å²) in [6.45, 7) is 25.1. The molecule has 0 spiro atoms. The van der Waals surface area contributed by atoms with Crippen LogP contribution in [-0.2, 0) is 16.9 Å². The first kappa shape index (κ1) is 62.5. The topological polar surface area (TPSA) is 118 Å². The van der Waals surface area contributed by atoms with E-state index in [1.807, 2.05) is 179 Å². The summed E-state index contributed by atoms with van der Waals surface area (Å²) in [5, 5.41) is 10.7. The molecule has 394 valence electrons. The smallest absolute Gasteiger partial charge is 0.195 e. The average molecular weight is 1050 g/mol. The molecule has 10 heteroatoms. The molecule has 8 aromatic rings. The third-order valence-corrected chi connectivity index (χ3v) is 13.3. The van der Waals surface area contributed by atoms with Crippen molar-refractivity contribution in [2.75, 3.05) is 26.3 Å². The Labute approximate surface area is 454 Å². The second-order valence-electron chi connectivity index (χ2n) is 16.4. The fourth-order valence-corrected chi connectivity index (χ4v) is 9.15. The van der Waals surface area contributed by atoms with Crippen molar-refractivity contribution in [1.82, 2.24) is 4.90 Å². The van der Waals surface area contributed by atoms with Crippen molar-refractivity contribution in [3.8, 4) is 5.75 Å². The minimum atomic E-state index is -0.480. The van der Waals surface area contributed by atoms with Crippen molar-refractivity contribution in [1.29, 1.82) is 0 Å². The number of Topliss-reactive ketones (excluding diaryl/α,β-unsaturated/α-hetero) is 1. The fourth-order valence-electron chi connectivity index (χ4n) is 7.87. The molecule has 0 amide bonds. The molecule has 1 N–H and O–H groups in total. The number of carbonyl (C=O) groups excluding carboxylic acids is 4. The van der Waals surface area contributed by atoms with Gasteiger partial charge in [-0.15, -0.1) is 11.3 Å². The molecule has 75 heavy (non-hydrogen) atoms. The van der Waals surface area contributed by atoms with Gasteiger partial charge in [-0.2, -0.15) is 12.6 Å². The van der Waals surface area contributed by atoms with Gasteiger partial charge in [-0.1, -0.05) is 178 Å². The molecule has 0 radical (unpaired) electrons. The van der Waals surface area contributed by atoms with E-state index >= 15 is 0 Å². The van der Waals surface area contributed by atoms with Crippen LogP contribution in [0.25, 0.3) is 20.2 Å². The lowest BCUT2D eigenvalue weighted by molar-refractivity contribution is -0.00430. The monoisotopic (exact) mass is 1050 g/mol. The predicted octanol–water partition coefficient (Wildman–Crippen LogP) is 15.6. The van der Waals surface area contributed by atoms with Crippen LogP contribution in [0.3, 0.4) is 0 Å². The van der Waals surface area contributed by atoms with Crippen molar-refractivity contribution >= 4 is 67.3 Å². The number of fused-ring (bicyclic) bond motifs is 4. The first-order valence-corrected chi connectivity index (χ1v) is 27.5. The summed E-state index contributed by atoms with van der Waals surface area (Å²) in [5.41, 5.74) is 5.96. The van der Waals surface area contributed by atoms with Crippen molar-refractivity contribution in [3.05, 3.63) is 230 Å². The highest BCUT2D eigenvalue weighted by Crippen LogP contribution is 2.29. The fraction of sp³-hybridized carbons (Fsp3) is 0.277. The Morgan fingerprint density at radius 3 is 1.48 bits per heavy atom. The van der Waals surface area contributed by atoms with Crippen LogP contribution in [0.1, 0.15) is 145 Å². The van der Waals surface area contributed by atoms with Gasteiger partial charge in [0.2, 0.25) is 0 Å². The SMILES string of the molecule is CC.CC.CC.CC.CC(C)(C(=O)c1ccc(CS)cc1)N1CCOCC1.CCc1ccc2c(c1)C(=O)c1ccccc1C2=O.O=C(c1ccccc1)c1ccc(O)cc1.O=c1c2ccccc2sc2ccccc12. The average Bonchev–Trinajstić information content (AvgIpc) is 3.49. The second-order valence-corrected chi connectivity index (χ2v) is 17.8. The first-order chi connectivity index (χ1) is 36.4. The van der Waals surface area contributed by atoms with Crippen LogP contribution in [0.2, 0.25) is 0 Å². The highest BCUT2D eigenvalue weighted by Gasteiger charge is 2.36. The summed E-state index contributed by atoms with van der Waals surface area (Å²) in [7, 11) is 0. The van der Waals surface area contributed by atoms with Crippen LogP contribution in [-0.4, -0.2) is 65.0 Å². The standard InChI is InChI=1S/C16H12O2.C15H21NO2S.C13H10O2.C13H8OS.4C2H6/c1-2-10-7-8-13-14(9-10)16(18)12-6-4-3-5-11(12)15(13)17;1-15(2,16-7-9-18-10-8-16)14(17)13-5-3-12(11-19)4-6-13;14-12-8-6-11(7-9-12)13(15)10-4-2-1-3-5-10;14-13-9-5-1-3-7-11(9)15-12-8-4-2-6-10(12)13;4*1-2/h3-9H,2H2,1H3;3-6,19H,7-11H2,1-2H3;1-9,14H;1-8H;4*1-2H3. The van der Waals surface area contributed by atoms with Crippen LogP contribution in [0, 0.1) is 0 Å². The Kier molecular flexibility index (Phi) is 27.1. The molecule has 2 aliphatic rings. The van der Waals surface area contributed by atoms with Crippen LogP contribution in [0.15, 0.2) is 175 Å². The molecule has 0 saturated carbocycles. The number of aryl methyl sites for hydroxylation is 1. The summed E-state index contributed by atoms with van der Waals surface area (Å²) < 4.78 is 7.46. The number of benzene rings is 7. The molecule has 1 saturated heterocycles. The lowest BCUT2D eigenvalue weighted by Crippen LogP contribution is -2.54. The number of ketones is 4. The van der Waals surface area contributed by atoms with Gasteiger partial charge in [-0.3, -0.25) is 28.9 Å². The number of hydrogen-bond acceptors (Lipinski definition) is 10. The van der Waals surface area contributed by atoms with E-state index in [4.69, 9.17) is 9.84 Å². The molecule has 2 heterocycles. The summed E-state index contributed by atoms with van der Waals surface area (Å²) in [5.74, 6) is 0.898. The van der Waals surface area contributed by atoms with Crippen molar-refractivity contribution in [2.24, 2.45) is 0 Å². The lowest BCUT2D eigenvalue weighted by atomic mass is 9.83. The Morgan fingerprint density at radius 1 is 0.547 bits per heavy atom. The number of phenols is 1. The highest BCUT2D eigenvalue weighted by atomic mass is 32.1. The number of aromatic hydroxyl groups is 1. The number of morpholine rings is 1. The van der Waals surface area contributed by atoms with Gasteiger partial charge >= 0.3 is 0 Å². The third-order valence-electron chi connectivity index (χ3n) is 11.8. The maximum atomic E-state index is 12.7. The molecule has 1 aliphatic carbocycles. The molecule has 1 aliphatic heterocycles. The highest BCUT2D eigenvalue weighted by molar-refractivity contribution is 7.79. The van der Waals surface area contributed by atoms with Crippen LogP contribution >= 0.6 is 24.0 Å². The Balaban J connectivity index is 0.000000253. The van der Waals surface area contributed by atoms with E-state index in [9.17, 15) is 24.0 Å². The third kappa shape index (κ3) is 16.6. The van der Waals surface area contributed by atoms with Crippen LogP contribution < -0.4 is 5.43 Å². The zero-order valence-corrected chi connectivity index (χ0v) is 47.3. The Morgan fingerprint density at radius 2 is 0.973 bits per heavy atom. The molecular formula is C65H75NO7S2. The molecule has 1 aromatic heterocycles. The minimum Gasteiger partial charge on any atom is -0.508 e. The molecule has 0 atom stereocenters. The number of thiol groups is 1. The molecule has 1 fully saturated rings. The quantitative estimate of drug-likeness (QED) is 0.0921. The van der Waals surface area contributed by atoms with E-state index in [1.54, 1.807) is 65.9 Å². The normalized spacial score (nSPS) is 12.1. The van der Waals surface area contributed by atoms with Gasteiger partial charge in [0.15, 0.2) is 28.6 Å². The van der Waals surface area contributed by atoms with Crippen molar-refractivity contribution in [2.45, 2.75) is 93.9 Å². The van der Waals surface area contributed by atoms with E-state index < -0.39 is 5.54 Å². The maximum absolute atomic E-state index is 12.7. The number of carbonyl (C=O) groups is 4. The largest absolute Gasteiger partial charge is 0.508 e. The van der Waals surface area contributed by atoms with Gasteiger partial charge < -0.3 is 9.84 Å². The van der Waals surface area contributed by atoms with Gasteiger partial charge in [0.1, 0.15) is 5.75 Å². The molecular weight excluding hydrogens is 971 g/mol. The summed E-state index contributed by atoms with van der Waals surface area (Å²) in [4.78, 5) is 63.5. The summed E-state index contributed by atoms with van der Waals surface area (Å²) >= 11 is 5.89. The minimum absolute atomic E-state index is 0.0319. The van der Waals surface area contributed by atoms with Gasteiger partial charge in [0.25, 0.3) is 0 Å². The van der Waals surface area contributed by atoms with E-state index in [0.29, 0.717) is 52.3 Å². The summed E-state index contributed by atoms with van der Waals surface area (Å²) in [6.07, 6.45) is 0.858. The molecule has 7 aromatic carbocycles. The Bertz CT molecular complexity index is 3050. The number of rotatable bonds is 7. The first-order valence-electron chi connectivity index (χ1n) is 26.1. The molecule has 0 bridgehead atoms. The molecule has 10 rings (SSSR count). The maximum Gasteiger partial charge on any atom is 0.195 e. The number of phenolic OH excluding ortho intramolecular Hbond substituents is 1. The number of ether oxygens (including phenoxy) is 1. The Hall–Kier alpha value is -6.82. The zero-order valence-electron chi connectivity index (χ0n) is 45.6.